The number of aromatic nitrogens is 4. The first-order valence-corrected chi connectivity index (χ1v) is 16.0. The van der Waals surface area contributed by atoms with Crippen LogP contribution < -0.4 is 16.4 Å². The molecule has 0 saturated carbocycles. The Labute approximate surface area is 294 Å². The number of para-hydroxylation sites is 2. The van der Waals surface area contributed by atoms with Gasteiger partial charge in [-0.1, -0.05) is 83.2 Å². The second-order valence-corrected chi connectivity index (χ2v) is 12.3. The topological polar surface area (TPSA) is 35.6 Å². The smallest absolute Gasteiger partial charge is 0.319 e. The molecule has 0 amide bonds. The molecule has 9 aromatic rings. The third kappa shape index (κ3) is 4.89. The Kier molecular flexibility index (Phi) is 7.58. The minimum absolute atomic E-state index is 0. The van der Waals surface area contributed by atoms with E-state index in [9.17, 15) is 0 Å². The number of rotatable bonds is 5. The van der Waals surface area contributed by atoms with Gasteiger partial charge in [-0.2, -0.15) is 47.3 Å². The minimum Gasteiger partial charge on any atom is -0.319 e. The summed E-state index contributed by atoms with van der Waals surface area (Å²) in [6, 6.07) is 52.9. The van der Waals surface area contributed by atoms with Gasteiger partial charge in [-0.3, -0.25) is 0 Å². The van der Waals surface area contributed by atoms with Gasteiger partial charge in [0.25, 0.3) is 0 Å². The number of aryl methyl sites for hydroxylation is 2. The van der Waals surface area contributed by atoms with Gasteiger partial charge in [0.1, 0.15) is 11.6 Å². The van der Waals surface area contributed by atoms with Crippen molar-refractivity contribution in [2.45, 2.75) is 13.8 Å². The van der Waals surface area contributed by atoms with Gasteiger partial charge in [-0.25, -0.2) is 9.97 Å². The number of pyridine rings is 2. The van der Waals surface area contributed by atoms with Crippen molar-refractivity contribution in [1.82, 2.24) is 19.1 Å². The molecule has 4 nitrogen and oxygen atoms in total. The number of hydrogen-bond donors (Lipinski definition) is 0. The van der Waals surface area contributed by atoms with Crippen LogP contribution in [0.25, 0.3) is 55.2 Å². The SMILES string of the molecule is Cc1ccnc(-n2c3[c-]c(B(c4[c-]c5c(cc4)c4ccccc4n5-c4cc(C)ccn4)c4ccccc4)ccc3c3ccccc32)c1.[Pt+2]. The van der Waals surface area contributed by atoms with E-state index in [0.29, 0.717) is 0 Å². The van der Waals surface area contributed by atoms with E-state index in [1.807, 2.05) is 24.5 Å². The second-order valence-electron chi connectivity index (χ2n) is 12.3. The Hall–Kier alpha value is -5.25. The minimum atomic E-state index is -0.0983. The van der Waals surface area contributed by atoms with Crippen LogP contribution in [-0.2, 0) is 21.1 Å². The van der Waals surface area contributed by atoms with Crippen molar-refractivity contribution < 1.29 is 21.1 Å². The molecule has 0 saturated heterocycles. The maximum Gasteiger partial charge on any atom is 2.00 e. The van der Waals surface area contributed by atoms with Crippen molar-refractivity contribution in [3.8, 4) is 11.6 Å². The monoisotopic (exact) mass is 795 g/mol. The zero-order valence-electron chi connectivity index (χ0n) is 26.5. The molecule has 0 fully saturated rings. The zero-order valence-corrected chi connectivity index (χ0v) is 28.7. The van der Waals surface area contributed by atoms with Gasteiger partial charge in [-0.15, -0.1) is 10.8 Å². The first kappa shape index (κ1) is 30.1. The van der Waals surface area contributed by atoms with Crippen LogP contribution >= 0.6 is 0 Å². The van der Waals surface area contributed by atoms with Crippen LogP contribution in [-0.4, -0.2) is 25.8 Å². The summed E-state index contributed by atoms with van der Waals surface area (Å²) in [5.41, 5.74) is 9.94. The van der Waals surface area contributed by atoms with E-state index in [1.54, 1.807) is 0 Å². The largest absolute Gasteiger partial charge is 2.00 e. The predicted molar refractivity (Wildman–Crippen MR) is 195 cm³/mol. The van der Waals surface area contributed by atoms with Crippen molar-refractivity contribution in [2.24, 2.45) is 0 Å². The molecule has 0 atom stereocenters. The Morgan fingerprint density at radius 3 is 1.44 bits per heavy atom. The fourth-order valence-electron chi connectivity index (χ4n) is 7.09. The third-order valence-corrected chi connectivity index (χ3v) is 9.23. The zero-order chi connectivity index (χ0) is 31.5. The van der Waals surface area contributed by atoms with Crippen LogP contribution in [0.5, 0.6) is 0 Å². The van der Waals surface area contributed by atoms with Gasteiger partial charge in [0.2, 0.25) is 0 Å². The Morgan fingerprint density at radius 2 is 0.958 bits per heavy atom. The molecule has 230 valence electrons. The summed E-state index contributed by atoms with van der Waals surface area (Å²) in [6.07, 6.45) is 3.77. The van der Waals surface area contributed by atoms with Crippen LogP contribution in [0, 0.1) is 26.0 Å². The Bertz CT molecular complexity index is 2460. The molecule has 0 spiro atoms. The Balaban J connectivity index is 0.00000336. The van der Waals surface area contributed by atoms with Crippen molar-refractivity contribution in [2.75, 3.05) is 0 Å². The first-order chi connectivity index (χ1) is 23.1. The standard InChI is InChI=1S/C42H29BN4.Pt/c1-28-20-22-44-41(24-28)46-37-14-8-6-12-33(37)35-18-16-31(26-39(35)46)43(30-10-4-3-5-11-30)32-17-19-36-34-13-7-9-15-38(34)47(40(36)27-32)42-25-29(2)21-23-45-42;/h3-25H,1-2H3;/q-2;+2. The molecule has 0 aliphatic carbocycles. The molecule has 9 rings (SSSR count). The number of fused-ring (bicyclic) bond motifs is 6. The average Bonchev–Trinajstić information content (AvgIpc) is 3.61. The van der Waals surface area contributed by atoms with E-state index < -0.39 is 0 Å². The third-order valence-electron chi connectivity index (χ3n) is 9.23. The van der Waals surface area contributed by atoms with Crippen LogP contribution in [0.15, 0.2) is 140 Å². The van der Waals surface area contributed by atoms with E-state index in [0.717, 1.165) is 55.4 Å². The van der Waals surface area contributed by atoms with E-state index in [4.69, 9.17) is 9.97 Å². The molecule has 0 bridgehead atoms. The molecule has 0 N–H and O–H groups in total. The van der Waals surface area contributed by atoms with Crippen LogP contribution in [0.1, 0.15) is 11.1 Å². The van der Waals surface area contributed by atoms with Gasteiger partial charge < -0.3 is 9.13 Å². The van der Waals surface area contributed by atoms with E-state index in [1.165, 1.54) is 27.4 Å². The van der Waals surface area contributed by atoms with Gasteiger partial charge >= 0.3 is 21.1 Å². The van der Waals surface area contributed by atoms with E-state index >= 15 is 0 Å². The fourth-order valence-corrected chi connectivity index (χ4v) is 7.09. The molecule has 48 heavy (non-hydrogen) atoms. The molecular weight excluding hydrogens is 766 g/mol. The molecule has 4 heterocycles. The average molecular weight is 796 g/mol. The number of nitrogens with zero attached hydrogens (tertiary/aromatic N) is 4. The van der Waals surface area contributed by atoms with E-state index in [2.05, 4.69) is 150 Å². The van der Waals surface area contributed by atoms with Gasteiger partial charge in [0.05, 0.1) is 0 Å². The maximum absolute atomic E-state index is 4.80. The first-order valence-electron chi connectivity index (χ1n) is 16.0. The molecule has 6 heteroatoms. The van der Waals surface area contributed by atoms with Gasteiger partial charge in [0, 0.05) is 23.4 Å². The summed E-state index contributed by atoms with van der Waals surface area (Å²) in [4.78, 5) is 9.60. The predicted octanol–water partition coefficient (Wildman–Crippen LogP) is 7.40. The molecule has 5 aromatic carbocycles. The quantitative estimate of drug-likeness (QED) is 0.135. The van der Waals surface area contributed by atoms with Crippen molar-refractivity contribution in [3.05, 3.63) is 163 Å². The van der Waals surface area contributed by atoms with Crippen LogP contribution in [0.2, 0.25) is 0 Å². The van der Waals surface area contributed by atoms with Gasteiger partial charge in [0.15, 0.2) is 6.71 Å². The number of benzene rings is 5. The summed E-state index contributed by atoms with van der Waals surface area (Å²) in [5, 5.41) is 4.69. The molecule has 0 aliphatic rings. The molecule has 0 unspecified atom stereocenters. The fraction of sp³-hybridized carbons (Fsp3) is 0.0476. The van der Waals surface area contributed by atoms with E-state index in [-0.39, 0.29) is 27.8 Å². The second kappa shape index (κ2) is 12.1. The molecule has 0 radical (unpaired) electrons. The van der Waals surface area contributed by atoms with Crippen molar-refractivity contribution >= 4 is 66.7 Å². The Morgan fingerprint density at radius 1 is 0.500 bits per heavy atom. The molecule has 0 aliphatic heterocycles. The number of hydrogen-bond acceptors (Lipinski definition) is 2. The normalized spacial score (nSPS) is 11.4. The summed E-state index contributed by atoms with van der Waals surface area (Å²) in [5.74, 6) is 1.79. The summed E-state index contributed by atoms with van der Waals surface area (Å²) < 4.78 is 4.49. The maximum atomic E-state index is 4.80. The summed E-state index contributed by atoms with van der Waals surface area (Å²) in [7, 11) is 0. The molecular formula is C42H29BN4Pt. The van der Waals surface area contributed by atoms with Crippen LogP contribution in [0.3, 0.4) is 0 Å². The summed E-state index contributed by atoms with van der Waals surface area (Å²) in [6.45, 7) is 4.12. The molecule has 4 aromatic heterocycles. The van der Waals surface area contributed by atoms with Gasteiger partial charge in [-0.05, 0) is 72.1 Å². The van der Waals surface area contributed by atoms with Crippen molar-refractivity contribution in [1.29, 1.82) is 0 Å². The van der Waals surface area contributed by atoms with Crippen LogP contribution in [0.4, 0.5) is 0 Å². The van der Waals surface area contributed by atoms with Crippen molar-refractivity contribution in [3.63, 3.8) is 0 Å². The summed E-state index contributed by atoms with van der Waals surface area (Å²) >= 11 is 0.